The summed E-state index contributed by atoms with van der Waals surface area (Å²) in [6.45, 7) is 12.2. The third kappa shape index (κ3) is 6.04. The van der Waals surface area contributed by atoms with Crippen LogP contribution in [0.1, 0.15) is 19.4 Å². The van der Waals surface area contributed by atoms with Gasteiger partial charge < -0.3 is 0 Å². The molecule has 2 heterocycles. The van der Waals surface area contributed by atoms with E-state index in [1.165, 1.54) is 53.2 Å². The Labute approximate surface area is 308 Å². The average Bonchev–Trinajstić information content (AvgIpc) is 3.74. The van der Waals surface area contributed by atoms with E-state index in [0.29, 0.717) is 11.5 Å². The highest BCUT2D eigenvalue weighted by molar-refractivity contribution is 7.26. The van der Waals surface area contributed by atoms with Crippen LogP contribution in [0.5, 0.6) is 0 Å². The van der Waals surface area contributed by atoms with E-state index in [9.17, 15) is 0 Å². The quantitative estimate of drug-likeness (QED) is 0.0907. The number of nitrogens with zero attached hydrogens (tertiary/aromatic N) is 3. The van der Waals surface area contributed by atoms with Crippen molar-refractivity contribution >= 4 is 65.0 Å². The third-order valence-corrected chi connectivity index (χ3v) is 10.7. The number of aliphatic imine (C=N–C) groups is 2. The van der Waals surface area contributed by atoms with Crippen molar-refractivity contribution in [1.29, 1.82) is 0 Å². The molecule has 0 unspecified atom stereocenters. The molecule has 0 bridgehead atoms. The van der Waals surface area contributed by atoms with Crippen LogP contribution in [-0.4, -0.2) is 16.2 Å². The Morgan fingerprint density at radius 1 is 0.654 bits per heavy atom. The smallest absolute Gasteiger partial charge is 0.161 e. The first-order valence-corrected chi connectivity index (χ1v) is 18.2. The van der Waals surface area contributed by atoms with Crippen LogP contribution in [0.3, 0.4) is 0 Å². The van der Waals surface area contributed by atoms with Crippen molar-refractivity contribution < 1.29 is 0 Å². The zero-order valence-corrected chi connectivity index (χ0v) is 30.1. The summed E-state index contributed by atoms with van der Waals surface area (Å²) in [4.78, 5) is 10.4. The van der Waals surface area contributed by atoms with Crippen LogP contribution in [0.25, 0.3) is 64.2 Å². The molecule has 8 aromatic rings. The molecular weight excluding hydrogens is 651 g/mol. The first-order chi connectivity index (χ1) is 25.5. The van der Waals surface area contributed by atoms with Crippen LogP contribution in [0.2, 0.25) is 0 Å². The summed E-state index contributed by atoms with van der Waals surface area (Å²) in [7, 11) is 0. The third-order valence-electron chi connectivity index (χ3n) is 9.50. The minimum absolute atomic E-state index is 0.598. The molecule has 0 fully saturated rings. The van der Waals surface area contributed by atoms with E-state index in [2.05, 4.69) is 134 Å². The molecule has 0 amide bonds. The second-order valence-electron chi connectivity index (χ2n) is 12.7. The predicted octanol–water partition coefficient (Wildman–Crippen LogP) is 13.4. The summed E-state index contributed by atoms with van der Waals surface area (Å²) in [5.74, 6) is 1.42. The van der Waals surface area contributed by atoms with Crippen molar-refractivity contribution in [3.8, 4) is 22.3 Å². The molecule has 250 valence electrons. The van der Waals surface area contributed by atoms with E-state index in [1.54, 1.807) is 6.08 Å². The van der Waals surface area contributed by atoms with Gasteiger partial charge in [-0.3, -0.25) is 4.57 Å². The van der Waals surface area contributed by atoms with Crippen LogP contribution in [-0.2, 0) is 0 Å². The number of hydrogen-bond donors (Lipinski definition) is 0. The molecular formula is C48H37N3S. The van der Waals surface area contributed by atoms with Crippen molar-refractivity contribution in [2.75, 3.05) is 0 Å². The maximum Gasteiger partial charge on any atom is 0.161 e. The molecule has 2 aromatic heterocycles. The molecule has 0 aliphatic carbocycles. The summed E-state index contributed by atoms with van der Waals surface area (Å²) in [6, 6.07) is 49.5. The molecule has 0 spiro atoms. The van der Waals surface area contributed by atoms with Crippen LogP contribution in [0, 0.1) is 0 Å². The predicted molar refractivity (Wildman–Crippen MR) is 227 cm³/mol. The van der Waals surface area contributed by atoms with Gasteiger partial charge in [0.1, 0.15) is 5.84 Å². The second-order valence-corrected chi connectivity index (χ2v) is 13.7. The van der Waals surface area contributed by atoms with Gasteiger partial charge in [-0.2, -0.15) is 0 Å². The Bertz CT molecular complexity index is 2760. The van der Waals surface area contributed by atoms with Crippen LogP contribution >= 0.6 is 11.3 Å². The SMILES string of the molecule is C=C/C=C\C(=C/C)C(=C)N=C(N=C(C)n1c2ccc(-c3ccccc3)cc2c2ccc3c4cc(-c5ccccc5)ccc4sc3c21)c1ccccc1. The van der Waals surface area contributed by atoms with Gasteiger partial charge in [0.15, 0.2) is 5.84 Å². The van der Waals surface area contributed by atoms with E-state index in [-0.39, 0.29) is 0 Å². The molecule has 0 radical (unpaired) electrons. The second kappa shape index (κ2) is 14.1. The highest BCUT2D eigenvalue weighted by atomic mass is 32.1. The van der Waals surface area contributed by atoms with Gasteiger partial charge in [0.25, 0.3) is 0 Å². The molecule has 3 nitrogen and oxygen atoms in total. The highest BCUT2D eigenvalue weighted by Gasteiger charge is 2.20. The minimum atomic E-state index is 0.598. The van der Waals surface area contributed by atoms with Crippen molar-refractivity contribution in [1.82, 2.24) is 4.57 Å². The van der Waals surface area contributed by atoms with E-state index < -0.39 is 0 Å². The summed E-state index contributed by atoms with van der Waals surface area (Å²) in [5.41, 5.74) is 9.50. The Kier molecular flexibility index (Phi) is 8.90. The summed E-state index contributed by atoms with van der Waals surface area (Å²) >= 11 is 1.84. The van der Waals surface area contributed by atoms with Gasteiger partial charge in [-0.25, -0.2) is 9.98 Å². The first-order valence-electron chi connectivity index (χ1n) is 17.4. The molecule has 4 heteroatoms. The van der Waals surface area contributed by atoms with Crippen molar-refractivity contribution in [3.05, 3.63) is 194 Å². The number of amidine groups is 1. The monoisotopic (exact) mass is 687 g/mol. The van der Waals surface area contributed by atoms with Gasteiger partial charge in [-0.1, -0.05) is 153 Å². The number of allylic oxidation sites excluding steroid dienone is 4. The normalized spacial score (nSPS) is 12.8. The number of hydrogen-bond acceptors (Lipinski definition) is 2. The number of benzene rings is 6. The van der Waals surface area contributed by atoms with Gasteiger partial charge in [-0.05, 0) is 65.9 Å². The summed E-state index contributed by atoms with van der Waals surface area (Å²) in [6.07, 6.45) is 7.62. The molecule has 0 atom stereocenters. The molecule has 52 heavy (non-hydrogen) atoms. The van der Waals surface area contributed by atoms with Gasteiger partial charge in [0, 0.05) is 31.8 Å². The fourth-order valence-corrected chi connectivity index (χ4v) is 8.18. The fourth-order valence-electron chi connectivity index (χ4n) is 6.96. The lowest BCUT2D eigenvalue weighted by Crippen LogP contribution is -2.11. The Hall–Kier alpha value is -6.36. The summed E-state index contributed by atoms with van der Waals surface area (Å²) < 4.78 is 4.82. The van der Waals surface area contributed by atoms with Crippen molar-refractivity contribution in [2.24, 2.45) is 9.98 Å². The molecule has 0 saturated heterocycles. The Balaban J connectivity index is 1.39. The number of rotatable bonds is 7. The fraction of sp³-hybridized carbons (Fsp3) is 0.0417. The standard InChI is InChI=1S/C48H37N3S/c1-5-7-17-34(6-2)32(3)49-48(37-22-15-10-16-23-37)50-33(4)51-44-28-24-38(35-18-11-8-12-19-35)30-42(44)40-26-27-41-43-31-39(36-20-13-9-14-21-36)25-29-45(43)52-47(41)46(40)51/h5-31H,1,3H2,2,4H3/b17-7-,34-6+,49-48?,50-33?. The molecule has 0 aliphatic heterocycles. The zero-order chi connectivity index (χ0) is 35.6. The first kappa shape index (κ1) is 32.8. The van der Waals surface area contributed by atoms with E-state index in [0.717, 1.165) is 28.0 Å². The van der Waals surface area contributed by atoms with Crippen LogP contribution < -0.4 is 0 Å². The Morgan fingerprint density at radius 3 is 1.92 bits per heavy atom. The molecule has 6 aromatic carbocycles. The maximum absolute atomic E-state index is 5.32. The number of thiophene rings is 1. The molecule has 0 N–H and O–H groups in total. The lowest BCUT2D eigenvalue weighted by Gasteiger charge is -2.11. The number of fused-ring (bicyclic) bond motifs is 7. The maximum atomic E-state index is 5.32. The van der Waals surface area contributed by atoms with Crippen molar-refractivity contribution in [3.63, 3.8) is 0 Å². The highest BCUT2D eigenvalue weighted by Crippen LogP contribution is 2.43. The van der Waals surface area contributed by atoms with Crippen LogP contribution in [0.4, 0.5) is 0 Å². The Morgan fingerprint density at radius 2 is 1.27 bits per heavy atom. The van der Waals surface area contributed by atoms with Gasteiger partial charge >= 0.3 is 0 Å². The molecule has 0 aliphatic rings. The lowest BCUT2D eigenvalue weighted by molar-refractivity contribution is 1.24. The zero-order valence-electron chi connectivity index (χ0n) is 29.3. The van der Waals surface area contributed by atoms with E-state index >= 15 is 0 Å². The molecule has 8 rings (SSSR count). The largest absolute Gasteiger partial charge is 0.296 e. The van der Waals surface area contributed by atoms with E-state index in [1.807, 2.05) is 66.8 Å². The van der Waals surface area contributed by atoms with Gasteiger partial charge in [0.2, 0.25) is 0 Å². The van der Waals surface area contributed by atoms with Gasteiger partial charge in [-0.15, -0.1) is 11.3 Å². The number of aromatic nitrogens is 1. The minimum Gasteiger partial charge on any atom is -0.296 e. The molecule has 0 saturated carbocycles. The van der Waals surface area contributed by atoms with E-state index in [4.69, 9.17) is 9.98 Å². The summed E-state index contributed by atoms with van der Waals surface area (Å²) in [5, 5.41) is 4.87. The van der Waals surface area contributed by atoms with Crippen LogP contribution in [0.15, 0.2) is 198 Å². The average molecular weight is 688 g/mol. The lowest BCUT2D eigenvalue weighted by atomic mass is 10.0. The topological polar surface area (TPSA) is 29.6 Å². The van der Waals surface area contributed by atoms with Gasteiger partial charge in [0.05, 0.1) is 21.4 Å². The van der Waals surface area contributed by atoms with Crippen molar-refractivity contribution in [2.45, 2.75) is 13.8 Å².